The molecule has 0 spiro atoms. The number of benzene rings is 2. The Bertz CT molecular complexity index is 570. The third-order valence-electron chi connectivity index (χ3n) is 3.26. The minimum atomic E-state index is -0.873. The number of hydrogen-bond acceptors (Lipinski definition) is 2. The predicted molar refractivity (Wildman–Crippen MR) is 77.2 cm³/mol. The molecule has 2 aromatic rings. The number of aliphatic hydroxyl groups is 2. The Morgan fingerprint density at radius 3 is 1.50 bits per heavy atom. The molecule has 2 aromatic carbocycles. The SMILES string of the molecule is OC1c2ccc(Br)cc2-c2cc(Br)ccc2C1O. The molecule has 0 saturated heterocycles. The van der Waals surface area contributed by atoms with Crippen LogP contribution in [0.15, 0.2) is 45.3 Å². The average Bonchev–Trinajstić information content (AvgIpc) is 2.36. The molecule has 0 fully saturated rings. The second-order valence-electron chi connectivity index (χ2n) is 4.35. The quantitative estimate of drug-likeness (QED) is 0.737. The van der Waals surface area contributed by atoms with Gasteiger partial charge in [-0.3, -0.25) is 0 Å². The van der Waals surface area contributed by atoms with Crippen LogP contribution in [-0.2, 0) is 0 Å². The summed E-state index contributed by atoms with van der Waals surface area (Å²) in [5.74, 6) is 0. The molecule has 0 bridgehead atoms. The van der Waals surface area contributed by atoms with Crippen molar-refractivity contribution >= 4 is 31.9 Å². The zero-order chi connectivity index (χ0) is 12.9. The van der Waals surface area contributed by atoms with E-state index >= 15 is 0 Å². The normalized spacial score (nSPS) is 21.3. The molecule has 3 rings (SSSR count). The van der Waals surface area contributed by atoms with Crippen LogP contribution < -0.4 is 0 Å². The van der Waals surface area contributed by atoms with Gasteiger partial charge in [0, 0.05) is 8.95 Å². The number of hydrogen-bond donors (Lipinski definition) is 2. The van der Waals surface area contributed by atoms with Gasteiger partial charge in [-0.25, -0.2) is 0 Å². The molecule has 2 atom stereocenters. The molecule has 2 N–H and O–H groups in total. The Labute approximate surface area is 122 Å². The zero-order valence-corrected chi connectivity index (χ0v) is 12.4. The largest absolute Gasteiger partial charge is 0.385 e. The van der Waals surface area contributed by atoms with Gasteiger partial charge in [-0.2, -0.15) is 0 Å². The third kappa shape index (κ3) is 1.84. The van der Waals surface area contributed by atoms with Crippen LogP contribution in [0.25, 0.3) is 11.1 Å². The lowest BCUT2D eigenvalue weighted by Crippen LogP contribution is -2.17. The van der Waals surface area contributed by atoms with Gasteiger partial charge in [0.25, 0.3) is 0 Å². The predicted octanol–water partition coefficient (Wildman–Crippen LogP) is 3.96. The number of fused-ring (bicyclic) bond motifs is 3. The van der Waals surface area contributed by atoms with E-state index in [2.05, 4.69) is 31.9 Å². The van der Waals surface area contributed by atoms with Crippen LogP contribution in [0.1, 0.15) is 23.3 Å². The van der Waals surface area contributed by atoms with Gasteiger partial charge in [-0.05, 0) is 46.5 Å². The maximum atomic E-state index is 10.2. The summed E-state index contributed by atoms with van der Waals surface area (Å²) in [5.41, 5.74) is 3.43. The van der Waals surface area contributed by atoms with Crippen LogP contribution in [-0.4, -0.2) is 10.2 Å². The van der Waals surface area contributed by atoms with Crippen molar-refractivity contribution in [1.82, 2.24) is 0 Å². The van der Waals surface area contributed by atoms with Crippen molar-refractivity contribution in [2.45, 2.75) is 12.2 Å². The molecule has 0 aromatic heterocycles. The summed E-state index contributed by atoms with van der Waals surface area (Å²) in [4.78, 5) is 0. The summed E-state index contributed by atoms with van der Waals surface area (Å²) in [6.45, 7) is 0. The second-order valence-corrected chi connectivity index (χ2v) is 6.18. The van der Waals surface area contributed by atoms with Crippen molar-refractivity contribution in [2.24, 2.45) is 0 Å². The van der Waals surface area contributed by atoms with Crippen molar-refractivity contribution in [3.63, 3.8) is 0 Å². The lowest BCUT2D eigenvalue weighted by molar-refractivity contribution is 0.0158. The van der Waals surface area contributed by atoms with Gasteiger partial charge in [0.05, 0.1) is 0 Å². The Morgan fingerprint density at radius 1 is 0.722 bits per heavy atom. The Hall–Kier alpha value is -0.680. The van der Waals surface area contributed by atoms with E-state index in [-0.39, 0.29) is 0 Å². The zero-order valence-electron chi connectivity index (χ0n) is 9.27. The molecule has 92 valence electrons. The van der Waals surface area contributed by atoms with Crippen LogP contribution >= 0.6 is 31.9 Å². The summed E-state index contributed by atoms with van der Waals surface area (Å²) in [5, 5.41) is 20.3. The Morgan fingerprint density at radius 2 is 1.11 bits per heavy atom. The summed E-state index contributed by atoms with van der Waals surface area (Å²) in [7, 11) is 0. The van der Waals surface area contributed by atoms with Gasteiger partial charge in [0.1, 0.15) is 12.2 Å². The smallest absolute Gasteiger partial charge is 0.110 e. The highest BCUT2D eigenvalue weighted by Crippen LogP contribution is 2.45. The van der Waals surface area contributed by atoms with Gasteiger partial charge in [-0.15, -0.1) is 0 Å². The molecular formula is C14H10Br2O2. The average molecular weight is 370 g/mol. The van der Waals surface area contributed by atoms with Crippen molar-refractivity contribution in [1.29, 1.82) is 0 Å². The topological polar surface area (TPSA) is 40.5 Å². The van der Waals surface area contributed by atoms with Gasteiger partial charge >= 0.3 is 0 Å². The number of rotatable bonds is 0. The van der Waals surface area contributed by atoms with Crippen molar-refractivity contribution in [3.05, 3.63) is 56.5 Å². The van der Waals surface area contributed by atoms with E-state index in [9.17, 15) is 10.2 Å². The fourth-order valence-corrected chi connectivity index (χ4v) is 3.10. The van der Waals surface area contributed by atoms with E-state index in [1.165, 1.54) is 0 Å². The summed E-state index contributed by atoms with van der Waals surface area (Å²) in [6.07, 6.45) is -1.75. The molecule has 1 aliphatic rings. The number of aliphatic hydroxyl groups excluding tert-OH is 2. The molecule has 0 heterocycles. The number of halogens is 2. The standard InChI is InChI=1S/C14H10Br2O2/c15-7-1-3-9-11(5-7)12-6-8(16)2-4-10(12)14(18)13(9)17/h1-6,13-14,17-18H. The molecule has 0 radical (unpaired) electrons. The van der Waals surface area contributed by atoms with Crippen LogP contribution in [0, 0.1) is 0 Å². The Balaban J connectivity index is 2.33. The summed E-state index contributed by atoms with van der Waals surface area (Å²) in [6, 6.07) is 11.4. The highest BCUT2D eigenvalue weighted by Gasteiger charge is 2.31. The fraction of sp³-hybridized carbons (Fsp3) is 0.143. The van der Waals surface area contributed by atoms with E-state index in [1.54, 1.807) is 0 Å². The third-order valence-corrected chi connectivity index (χ3v) is 4.24. The molecule has 2 nitrogen and oxygen atoms in total. The molecular weight excluding hydrogens is 360 g/mol. The Kier molecular flexibility index (Phi) is 3.06. The van der Waals surface area contributed by atoms with E-state index in [0.717, 1.165) is 31.2 Å². The monoisotopic (exact) mass is 368 g/mol. The van der Waals surface area contributed by atoms with Crippen molar-refractivity contribution in [3.8, 4) is 11.1 Å². The van der Waals surface area contributed by atoms with Crippen LogP contribution in [0.3, 0.4) is 0 Å². The fourth-order valence-electron chi connectivity index (χ4n) is 2.38. The summed E-state index contributed by atoms with van der Waals surface area (Å²) < 4.78 is 1.91. The first kappa shape index (κ1) is 12.4. The minimum absolute atomic E-state index is 0.760. The molecule has 0 amide bonds. The van der Waals surface area contributed by atoms with E-state index in [1.807, 2.05) is 36.4 Å². The van der Waals surface area contributed by atoms with Gasteiger partial charge < -0.3 is 10.2 Å². The summed E-state index contributed by atoms with van der Waals surface area (Å²) >= 11 is 6.88. The lowest BCUT2D eigenvalue weighted by Gasteiger charge is -2.29. The highest BCUT2D eigenvalue weighted by atomic mass is 79.9. The van der Waals surface area contributed by atoms with Crippen LogP contribution in [0.4, 0.5) is 0 Å². The molecule has 1 aliphatic carbocycles. The molecule has 2 unspecified atom stereocenters. The maximum Gasteiger partial charge on any atom is 0.110 e. The lowest BCUT2D eigenvalue weighted by atomic mass is 9.82. The second kappa shape index (κ2) is 4.46. The first-order valence-corrected chi connectivity index (χ1v) is 7.12. The first-order valence-electron chi connectivity index (χ1n) is 5.53. The minimum Gasteiger partial charge on any atom is -0.385 e. The van der Waals surface area contributed by atoms with Crippen LogP contribution in [0.5, 0.6) is 0 Å². The molecule has 4 heteroatoms. The van der Waals surface area contributed by atoms with E-state index < -0.39 is 12.2 Å². The molecule has 18 heavy (non-hydrogen) atoms. The van der Waals surface area contributed by atoms with E-state index in [0.29, 0.717) is 0 Å². The van der Waals surface area contributed by atoms with Crippen LogP contribution in [0.2, 0.25) is 0 Å². The highest BCUT2D eigenvalue weighted by molar-refractivity contribution is 9.10. The van der Waals surface area contributed by atoms with E-state index in [4.69, 9.17) is 0 Å². The molecule has 0 aliphatic heterocycles. The van der Waals surface area contributed by atoms with Gasteiger partial charge in [0.2, 0.25) is 0 Å². The van der Waals surface area contributed by atoms with Crippen molar-refractivity contribution < 1.29 is 10.2 Å². The molecule has 0 saturated carbocycles. The van der Waals surface area contributed by atoms with Gasteiger partial charge in [0.15, 0.2) is 0 Å². The maximum absolute atomic E-state index is 10.2. The van der Waals surface area contributed by atoms with Gasteiger partial charge in [-0.1, -0.05) is 44.0 Å². The van der Waals surface area contributed by atoms with Crippen molar-refractivity contribution in [2.75, 3.05) is 0 Å². The first-order chi connectivity index (χ1) is 8.58.